The molecule has 1 N–H and O–H groups in total. The van der Waals surface area contributed by atoms with Crippen LogP contribution in [0.4, 0.5) is 4.39 Å². The Hall–Kier alpha value is -1.38. The Morgan fingerprint density at radius 1 is 1.05 bits per heavy atom. The Morgan fingerprint density at radius 3 is 2.29 bits per heavy atom. The number of benzene rings is 2. The van der Waals surface area contributed by atoms with Crippen LogP contribution >= 0.6 is 11.6 Å². The first-order chi connectivity index (χ1) is 10.1. The van der Waals surface area contributed by atoms with E-state index in [0.717, 1.165) is 24.9 Å². The van der Waals surface area contributed by atoms with Crippen LogP contribution in [0, 0.1) is 5.82 Å². The summed E-state index contributed by atoms with van der Waals surface area (Å²) in [6.07, 6.45) is 1.87. The first-order valence-corrected chi connectivity index (χ1v) is 7.78. The summed E-state index contributed by atoms with van der Waals surface area (Å²) in [6, 6.07) is 13.7. The van der Waals surface area contributed by atoms with Crippen molar-refractivity contribution in [2.45, 2.75) is 32.7 Å². The number of nitrogens with one attached hydrogen (secondary N) is 1. The lowest BCUT2D eigenvalue weighted by atomic mass is 9.97. The molecule has 0 bridgehead atoms. The molecule has 0 heterocycles. The van der Waals surface area contributed by atoms with Crippen molar-refractivity contribution in [1.29, 1.82) is 0 Å². The highest BCUT2D eigenvalue weighted by atomic mass is 35.5. The van der Waals surface area contributed by atoms with Gasteiger partial charge in [-0.3, -0.25) is 0 Å². The van der Waals surface area contributed by atoms with Crippen molar-refractivity contribution in [2.75, 3.05) is 6.54 Å². The topological polar surface area (TPSA) is 12.0 Å². The Morgan fingerprint density at radius 2 is 1.71 bits per heavy atom. The molecule has 1 atom stereocenters. The third-order valence-electron chi connectivity index (χ3n) is 3.67. The Bertz CT molecular complexity index is 580. The SMILES string of the molecule is CCNC(Cc1ccc(CC)cc1)c1ccc(Cl)c(F)c1. The third kappa shape index (κ3) is 4.29. The number of likely N-dealkylation sites (N-methyl/N-ethyl adjacent to an activating group) is 1. The number of halogens is 2. The van der Waals surface area contributed by atoms with E-state index in [1.807, 2.05) is 6.07 Å². The molecule has 0 radical (unpaired) electrons. The number of hydrogen-bond donors (Lipinski definition) is 1. The van der Waals surface area contributed by atoms with Crippen molar-refractivity contribution in [3.63, 3.8) is 0 Å². The quantitative estimate of drug-likeness (QED) is 0.797. The highest BCUT2D eigenvalue weighted by Gasteiger charge is 2.13. The van der Waals surface area contributed by atoms with Gasteiger partial charge in [0.1, 0.15) is 5.82 Å². The molecule has 3 heteroatoms. The fourth-order valence-corrected chi connectivity index (χ4v) is 2.55. The van der Waals surface area contributed by atoms with Crippen molar-refractivity contribution >= 4 is 11.6 Å². The molecule has 112 valence electrons. The smallest absolute Gasteiger partial charge is 0.142 e. The molecule has 2 aromatic rings. The lowest BCUT2D eigenvalue weighted by molar-refractivity contribution is 0.543. The van der Waals surface area contributed by atoms with Gasteiger partial charge >= 0.3 is 0 Å². The average Bonchev–Trinajstić information content (AvgIpc) is 2.50. The van der Waals surface area contributed by atoms with E-state index in [9.17, 15) is 4.39 Å². The monoisotopic (exact) mass is 305 g/mol. The van der Waals surface area contributed by atoms with Gasteiger partial charge in [0, 0.05) is 6.04 Å². The van der Waals surface area contributed by atoms with Crippen LogP contribution < -0.4 is 5.32 Å². The van der Waals surface area contributed by atoms with Gasteiger partial charge in [-0.2, -0.15) is 0 Å². The third-order valence-corrected chi connectivity index (χ3v) is 3.97. The number of rotatable bonds is 6. The molecule has 21 heavy (non-hydrogen) atoms. The lowest BCUT2D eigenvalue weighted by Crippen LogP contribution is -2.23. The second-order valence-corrected chi connectivity index (χ2v) is 5.57. The first kappa shape index (κ1) is 16.0. The van der Waals surface area contributed by atoms with Crippen LogP contribution in [0.15, 0.2) is 42.5 Å². The van der Waals surface area contributed by atoms with E-state index in [2.05, 4.69) is 43.4 Å². The zero-order chi connectivity index (χ0) is 15.2. The Balaban J connectivity index is 2.19. The Kier molecular flexibility index (Phi) is 5.77. The van der Waals surface area contributed by atoms with E-state index in [4.69, 9.17) is 11.6 Å². The standard InChI is InChI=1S/C18H21ClFN/c1-3-13-5-7-14(8-6-13)11-18(21-4-2)15-9-10-16(19)17(20)12-15/h5-10,12,18,21H,3-4,11H2,1-2H3. The minimum absolute atomic E-state index is 0.0919. The maximum Gasteiger partial charge on any atom is 0.142 e. The van der Waals surface area contributed by atoms with Gasteiger partial charge in [-0.15, -0.1) is 0 Å². The first-order valence-electron chi connectivity index (χ1n) is 7.40. The fraction of sp³-hybridized carbons (Fsp3) is 0.333. The summed E-state index contributed by atoms with van der Waals surface area (Å²) in [6.45, 7) is 5.04. The predicted molar refractivity (Wildman–Crippen MR) is 87.4 cm³/mol. The second kappa shape index (κ2) is 7.58. The molecule has 0 aliphatic rings. The molecule has 0 aromatic heterocycles. The van der Waals surface area contributed by atoms with Crippen LogP contribution in [0.1, 0.15) is 36.6 Å². The molecular formula is C18H21ClFN. The van der Waals surface area contributed by atoms with E-state index in [1.54, 1.807) is 6.07 Å². The minimum atomic E-state index is -0.363. The zero-order valence-electron chi connectivity index (χ0n) is 12.5. The zero-order valence-corrected chi connectivity index (χ0v) is 13.3. The van der Waals surface area contributed by atoms with E-state index < -0.39 is 0 Å². The van der Waals surface area contributed by atoms with Crippen molar-refractivity contribution < 1.29 is 4.39 Å². The number of aryl methyl sites for hydroxylation is 1. The van der Waals surface area contributed by atoms with Gasteiger partial charge in [-0.25, -0.2) is 4.39 Å². The van der Waals surface area contributed by atoms with Gasteiger partial charge < -0.3 is 5.32 Å². The molecule has 0 saturated carbocycles. The maximum atomic E-state index is 13.7. The van der Waals surface area contributed by atoms with Gasteiger partial charge in [0.25, 0.3) is 0 Å². The maximum absolute atomic E-state index is 13.7. The van der Waals surface area contributed by atoms with Crippen LogP contribution in [0.2, 0.25) is 5.02 Å². The molecule has 0 fully saturated rings. The van der Waals surface area contributed by atoms with Gasteiger partial charge in [-0.1, -0.05) is 55.8 Å². The molecular weight excluding hydrogens is 285 g/mol. The largest absolute Gasteiger partial charge is 0.310 e. The van der Waals surface area contributed by atoms with Crippen LogP contribution in [0.5, 0.6) is 0 Å². The van der Waals surface area contributed by atoms with E-state index in [-0.39, 0.29) is 16.9 Å². The predicted octanol–water partition coefficient (Wildman–Crippen LogP) is 4.93. The highest BCUT2D eigenvalue weighted by molar-refractivity contribution is 6.30. The van der Waals surface area contributed by atoms with Gasteiger partial charge in [0.15, 0.2) is 0 Å². The molecule has 0 spiro atoms. The van der Waals surface area contributed by atoms with E-state index >= 15 is 0 Å². The normalized spacial score (nSPS) is 12.4. The van der Waals surface area contributed by atoms with Crippen LogP contribution in [0.25, 0.3) is 0 Å². The van der Waals surface area contributed by atoms with Gasteiger partial charge in [0.05, 0.1) is 5.02 Å². The summed E-state index contributed by atoms with van der Waals surface area (Å²) in [5, 5.41) is 3.58. The molecule has 1 unspecified atom stereocenters. The summed E-state index contributed by atoms with van der Waals surface area (Å²) in [5.41, 5.74) is 3.50. The Labute approximate surface area is 131 Å². The highest BCUT2D eigenvalue weighted by Crippen LogP contribution is 2.23. The van der Waals surface area contributed by atoms with E-state index in [1.165, 1.54) is 17.2 Å². The molecule has 1 nitrogen and oxygen atoms in total. The summed E-state index contributed by atoms with van der Waals surface area (Å²) in [5.74, 6) is -0.363. The van der Waals surface area contributed by atoms with Crippen molar-refractivity contribution in [3.05, 3.63) is 70.0 Å². The molecule has 2 rings (SSSR count). The van der Waals surface area contributed by atoms with Crippen LogP contribution in [0.3, 0.4) is 0 Å². The second-order valence-electron chi connectivity index (χ2n) is 5.16. The molecule has 0 saturated heterocycles. The van der Waals surface area contributed by atoms with Gasteiger partial charge in [-0.05, 0) is 48.2 Å². The minimum Gasteiger partial charge on any atom is -0.310 e. The summed E-state index contributed by atoms with van der Waals surface area (Å²) in [4.78, 5) is 0. The van der Waals surface area contributed by atoms with Crippen molar-refractivity contribution in [3.8, 4) is 0 Å². The molecule has 0 amide bonds. The van der Waals surface area contributed by atoms with Gasteiger partial charge in [0.2, 0.25) is 0 Å². The summed E-state index contributed by atoms with van der Waals surface area (Å²) < 4.78 is 13.7. The molecule has 0 aliphatic heterocycles. The van der Waals surface area contributed by atoms with Crippen molar-refractivity contribution in [1.82, 2.24) is 5.32 Å². The average molecular weight is 306 g/mol. The molecule has 0 aliphatic carbocycles. The van der Waals surface area contributed by atoms with Crippen molar-refractivity contribution in [2.24, 2.45) is 0 Å². The summed E-state index contributed by atoms with van der Waals surface area (Å²) in [7, 11) is 0. The number of hydrogen-bond acceptors (Lipinski definition) is 1. The summed E-state index contributed by atoms with van der Waals surface area (Å²) >= 11 is 5.76. The van der Waals surface area contributed by atoms with E-state index in [0.29, 0.717) is 0 Å². The van der Waals surface area contributed by atoms with Crippen LogP contribution in [-0.4, -0.2) is 6.54 Å². The molecule has 2 aromatic carbocycles. The lowest BCUT2D eigenvalue weighted by Gasteiger charge is -2.19. The van der Waals surface area contributed by atoms with Crippen LogP contribution in [-0.2, 0) is 12.8 Å². The fourth-order valence-electron chi connectivity index (χ4n) is 2.43.